The van der Waals surface area contributed by atoms with Crippen molar-refractivity contribution >= 4 is 16.5 Å². The predicted molar refractivity (Wildman–Crippen MR) is 122 cm³/mol. The number of anilines is 1. The molecule has 13 heteroatoms. The van der Waals surface area contributed by atoms with E-state index in [0.717, 1.165) is 10.0 Å². The van der Waals surface area contributed by atoms with Gasteiger partial charge >= 0.3 is 6.18 Å². The average Bonchev–Trinajstić information content (AvgIpc) is 3.48. The Bertz CT molecular complexity index is 1300. The van der Waals surface area contributed by atoms with Gasteiger partial charge in [-0.1, -0.05) is 11.3 Å². The predicted octanol–water partition coefficient (Wildman–Crippen LogP) is 4.13. The number of aromatic nitrogens is 6. The number of H-pyrrole nitrogens is 2. The van der Waals surface area contributed by atoms with Crippen LogP contribution in [0.15, 0.2) is 41.3 Å². The van der Waals surface area contributed by atoms with E-state index in [1.165, 1.54) is 11.3 Å². The van der Waals surface area contributed by atoms with Crippen LogP contribution in [0.5, 0.6) is 5.75 Å². The number of alkyl halides is 3. The fourth-order valence-corrected chi connectivity index (χ4v) is 4.05. The number of hydrogen-bond donors (Lipinski definition) is 2. The summed E-state index contributed by atoms with van der Waals surface area (Å²) in [5.74, 6) is 0.597. The van der Waals surface area contributed by atoms with E-state index < -0.39 is 18.2 Å². The minimum atomic E-state index is -4.20. The van der Waals surface area contributed by atoms with Gasteiger partial charge in [0.25, 0.3) is 5.56 Å². The summed E-state index contributed by atoms with van der Waals surface area (Å²) >= 11 is 1.41. The number of hydrogen-bond acceptors (Lipinski definition) is 8. The van der Waals surface area contributed by atoms with Crippen LogP contribution in [-0.2, 0) is 0 Å². The average molecular weight is 491 g/mol. The van der Waals surface area contributed by atoms with Crippen LogP contribution in [-0.4, -0.2) is 57.5 Å². The van der Waals surface area contributed by atoms with Crippen molar-refractivity contribution < 1.29 is 17.9 Å². The van der Waals surface area contributed by atoms with E-state index in [1.54, 1.807) is 36.5 Å². The smallest absolute Gasteiger partial charge is 0.389 e. The minimum absolute atomic E-state index is 0.0428. The van der Waals surface area contributed by atoms with Gasteiger partial charge in [0.1, 0.15) is 5.75 Å². The molecule has 4 rings (SSSR count). The Hall–Kier alpha value is -3.74. The molecule has 0 fully saturated rings. The van der Waals surface area contributed by atoms with E-state index in [0.29, 0.717) is 22.6 Å². The van der Waals surface area contributed by atoms with E-state index in [4.69, 9.17) is 4.74 Å². The standard InChI is InChI=1S/C21H20F3N7O2S/c1-31(2)20-25-11-16(34-20)14-10-15(26-19(32)17(14)18-27-29-30-28-18)12-4-6-13(7-5-12)33-9-3-8-21(22,23)24/h4-7,10-11H,3,8-9H2,1-2H3,(H,26,32)(H,27,28,29,30). The molecule has 9 nitrogen and oxygen atoms in total. The fraction of sp³-hybridized carbons (Fsp3) is 0.286. The van der Waals surface area contributed by atoms with Gasteiger partial charge in [0.05, 0.1) is 17.0 Å². The molecule has 0 bridgehead atoms. The molecule has 1 aromatic carbocycles. The van der Waals surface area contributed by atoms with Crippen LogP contribution in [0.3, 0.4) is 0 Å². The molecule has 3 aromatic heterocycles. The molecule has 3 heterocycles. The molecular weight excluding hydrogens is 471 g/mol. The van der Waals surface area contributed by atoms with Crippen LogP contribution < -0.4 is 15.2 Å². The molecule has 0 spiro atoms. The lowest BCUT2D eigenvalue weighted by atomic mass is 10.0. The Labute approximate surface area is 195 Å². The fourth-order valence-electron chi connectivity index (χ4n) is 3.19. The third-order valence-electron chi connectivity index (χ3n) is 4.78. The van der Waals surface area contributed by atoms with Crippen molar-refractivity contribution in [2.45, 2.75) is 19.0 Å². The number of tetrazole rings is 1. The van der Waals surface area contributed by atoms with E-state index in [9.17, 15) is 18.0 Å². The SMILES string of the molecule is CN(C)c1ncc(-c2cc(-c3ccc(OCCCC(F)(F)F)cc3)[nH]c(=O)c2-c2nn[nH]n2)s1. The van der Waals surface area contributed by atoms with Gasteiger partial charge in [-0.05, 0) is 47.5 Å². The number of pyridine rings is 1. The Kier molecular flexibility index (Phi) is 6.63. The second kappa shape index (κ2) is 9.63. The second-order valence-electron chi connectivity index (χ2n) is 7.53. The number of halogens is 3. The van der Waals surface area contributed by atoms with Crippen LogP contribution in [0.1, 0.15) is 12.8 Å². The third-order valence-corrected chi connectivity index (χ3v) is 5.98. The van der Waals surface area contributed by atoms with Crippen LogP contribution in [0.2, 0.25) is 0 Å². The molecule has 2 N–H and O–H groups in total. The summed E-state index contributed by atoms with van der Waals surface area (Å²) in [6.07, 6.45) is -3.53. The minimum Gasteiger partial charge on any atom is -0.494 e. The quantitative estimate of drug-likeness (QED) is 0.356. The third kappa shape index (κ3) is 5.42. The molecule has 0 aliphatic carbocycles. The largest absolute Gasteiger partial charge is 0.494 e. The number of thiazole rings is 1. The van der Waals surface area contributed by atoms with Crippen molar-refractivity contribution in [3.05, 3.63) is 46.9 Å². The number of rotatable bonds is 8. The van der Waals surface area contributed by atoms with Crippen LogP contribution in [0.25, 0.3) is 33.1 Å². The molecule has 0 atom stereocenters. The maximum Gasteiger partial charge on any atom is 0.389 e. The molecule has 0 saturated heterocycles. The zero-order valence-electron chi connectivity index (χ0n) is 18.2. The van der Waals surface area contributed by atoms with Crippen LogP contribution >= 0.6 is 11.3 Å². The Morgan fingerprint density at radius 3 is 2.56 bits per heavy atom. The van der Waals surface area contributed by atoms with Gasteiger partial charge in [-0.25, -0.2) is 4.98 Å². The number of benzene rings is 1. The highest BCUT2D eigenvalue weighted by Crippen LogP contribution is 2.36. The van der Waals surface area contributed by atoms with Gasteiger partial charge in [-0.15, -0.1) is 10.2 Å². The van der Waals surface area contributed by atoms with Crippen molar-refractivity contribution in [1.82, 2.24) is 30.6 Å². The first-order chi connectivity index (χ1) is 16.2. The molecule has 0 saturated carbocycles. The van der Waals surface area contributed by atoms with Crippen molar-refractivity contribution in [2.24, 2.45) is 0 Å². The molecule has 178 valence electrons. The first-order valence-electron chi connectivity index (χ1n) is 10.2. The summed E-state index contributed by atoms with van der Waals surface area (Å²) in [4.78, 5) is 22.9. The number of nitrogens with one attached hydrogen (secondary N) is 2. The Morgan fingerprint density at radius 1 is 1.18 bits per heavy atom. The van der Waals surface area contributed by atoms with Gasteiger partial charge in [0.2, 0.25) is 5.82 Å². The van der Waals surface area contributed by atoms with Crippen LogP contribution in [0, 0.1) is 0 Å². The monoisotopic (exact) mass is 491 g/mol. The summed E-state index contributed by atoms with van der Waals surface area (Å²) in [5, 5.41) is 14.6. The van der Waals surface area contributed by atoms with Crippen LogP contribution in [0.4, 0.5) is 18.3 Å². The summed E-state index contributed by atoms with van der Waals surface area (Å²) in [5.41, 5.74) is 1.68. The van der Waals surface area contributed by atoms with E-state index in [-0.39, 0.29) is 24.4 Å². The van der Waals surface area contributed by atoms with E-state index in [2.05, 4.69) is 30.6 Å². The normalized spacial score (nSPS) is 11.6. The number of ether oxygens (including phenoxy) is 1. The molecule has 0 radical (unpaired) electrons. The van der Waals surface area contributed by atoms with Crippen molar-refractivity contribution in [1.29, 1.82) is 0 Å². The summed E-state index contributed by atoms with van der Waals surface area (Å²) < 4.78 is 42.2. The first kappa shape index (κ1) is 23.4. The van der Waals surface area contributed by atoms with Crippen molar-refractivity contribution in [3.63, 3.8) is 0 Å². The molecule has 0 aliphatic heterocycles. The summed E-state index contributed by atoms with van der Waals surface area (Å²) in [7, 11) is 3.75. The van der Waals surface area contributed by atoms with Gasteiger partial charge in [-0.3, -0.25) is 4.79 Å². The van der Waals surface area contributed by atoms with E-state index >= 15 is 0 Å². The number of nitrogens with zero attached hydrogens (tertiary/aromatic N) is 5. The summed E-state index contributed by atoms with van der Waals surface area (Å²) in [6.45, 7) is -0.0428. The highest BCUT2D eigenvalue weighted by molar-refractivity contribution is 7.19. The van der Waals surface area contributed by atoms with Crippen molar-refractivity contribution in [2.75, 3.05) is 25.6 Å². The highest BCUT2D eigenvalue weighted by atomic mass is 32.1. The maximum absolute atomic E-state index is 13.0. The van der Waals surface area contributed by atoms with Gasteiger partial charge < -0.3 is 14.6 Å². The summed E-state index contributed by atoms with van der Waals surface area (Å²) in [6, 6.07) is 8.54. The molecule has 34 heavy (non-hydrogen) atoms. The Morgan fingerprint density at radius 2 is 1.94 bits per heavy atom. The molecule has 0 unspecified atom stereocenters. The maximum atomic E-state index is 13.0. The zero-order valence-corrected chi connectivity index (χ0v) is 19.0. The molecule has 0 aliphatic rings. The number of aromatic amines is 2. The Balaban J connectivity index is 1.64. The molecule has 4 aromatic rings. The van der Waals surface area contributed by atoms with Crippen molar-refractivity contribution in [3.8, 4) is 38.8 Å². The molecular formula is C21H20F3N7O2S. The lowest BCUT2D eigenvalue weighted by molar-refractivity contribution is -0.136. The molecule has 0 amide bonds. The lowest BCUT2D eigenvalue weighted by Crippen LogP contribution is -2.12. The second-order valence-corrected chi connectivity index (χ2v) is 8.54. The van der Waals surface area contributed by atoms with Gasteiger partial charge in [0, 0.05) is 38.0 Å². The van der Waals surface area contributed by atoms with E-state index in [1.807, 2.05) is 19.0 Å². The topological polar surface area (TPSA) is 113 Å². The van der Waals surface area contributed by atoms with Gasteiger partial charge in [0.15, 0.2) is 5.13 Å². The lowest BCUT2D eigenvalue weighted by Gasteiger charge is -2.10. The highest BCUT2D eigenvalue weighted by Gasteiger charge is 2.26. The first-order valence-corrected chi connectivity index (χ1v) is 11.0. The zero-order chi connectivity index (χ0) is 24.3. The van der Waals surface area contributed by atoms with Gasteiger partial charge in [-0.2, -0.15) is 18.4 Å².